The van der Waals surface area contributed by atoms with Gasteiger partial charge in [0.25, 0.3) is 0 Å². The van der Waals surface area contributed by atoms with Gasteiger partial charge in [0.2, 0.25) is 0 Å². The van der Waals surface area contributed by atoms with Crippen LogP contribution in [0, 0.1) is 0 Å². The molecule has 70 heavy (non-hydrogen) atoms. The average Bonchev–Trinajstić information content (AvgIpc) is 4.06. The van der Waals surface area contributed by atoms with Gasteiger partial charge in [-0.15, -0.1) is 0 Å². The van der Waals surface area contributed by atoms with Crippen LogP contribution in [-0.2, 0) is 43.7 Å². The lowest BCUT2D eigenvalue weighted by Crippen LogP contribution is -2.41. The van der Waals surface area contributed by atoms with Crippen LogP contribution in [-0.4, -0.2) is 88.0 Å². The maximum atomic E-state index is 13.6. The van der Waals surface area contributed by atoms with Crippen LogP contribution in [0.15, 0.2) is 134 Å². The molecule has 20 heteroatoms. The number of aromatic nitrogens is 8. The number of hydrogen-bond acceptors (Lipinski definition) is 13. The molecule has 0 saturated carbocycles. The normalized spacial score (nSPS) is 12.1. The fourth-order valence-corrected chi connectivity index (χ4v) is 8.15. The van der Waals surface area contributed by atoms with E-state index in [0.717, 1.165) is 17.2 Å². The Bertz CT molecular complexity index is 3040. The van der Waals surface area contributed by atoms with Crippen LogP contribution in [0.3, 0.4) is 0 Å². The van der Waals surface area contributed by atoms with Crippen LogP contribution < -0.4 is 22.1 Å². The van der Waals surface area contributed by atoms with Gasteiger partial charge in [-0.05, 0) is 55.3 Å². The fraction of sp³-hybridized carbons (Fsp3) is 0.240. The van der Waals surface area contributed by atoms with E-state index in [0.29, 0.717) is 51.2 Å². The number of amides is 4. The van der Waals surface area contributed by atoms with Gasteiger partial charge in [-0.3, -0.25) is 34.2 Å². The van der Waals surface area contributed by atoms with E-state index in [9.17, 15) is 19.2 Å². The Balaban J connectivity index is 0.000000212. The Morgan fingerprint density at radius 3 is 1.67 bits per heavy atom. The van der Waals surface area contributed by atoms with Crippen LogP contribution in [0.2, 0.25) is 25.7 Å². The molecule has 0 fully saturated rings. The minimum absolute atomic E-state index is 0.186. The summed E-state index contributed by atoms with van der Waals surface area (Å²) in [5.74, 6) is -2.42. The third-order valence-corrected chi connectivity index (χ3v) is 13.1. The summed E-state index contributed by atoms with van der Waals surface area (Å²) in [6, 6.07) is 30.1. The quantitative estimate of drug-likeness (QED) is 0.0390. The number of nitrogens with two attached hydrogens (primary N) is 2. The number of nitrogens with zero attached hydrogens (tertiary/aromatic N) is 9. The van der Waals surface area contributed by atoms with Crippen molar-refractivity contribution in [3.63, 3.8) is 0 Å². The topological polar surface area (TPSA) is 258 Å². The number of carbonyl (C=O) groups excluding carboxylic acids is 4. The van der Waals surface area contributed by atoms with Crippen molar-refractivity contribution < 1.29 is 23.9 Å². The maximum Gasteiger partial charge on any atom is 0.314 e. The van der Waals surface area contributed by atoms with Gasteiger partial charge in [-0.1, -0.05) is 92.4 Å². The number of aromatic amines is 1. The maximum absolute atomic E-state index is 13.6. The van der Waals surface area contributed by atoms with Crippen molar-refractivity contribution in [1.82, 2.24) is 49.7 Å². The summed E-state index contributed by atoms with van der Waals surface area (Å²) in [6.07, 6.45) is 9.26. The largest absolute Gasteiger partial charge is 0.383 e. The molecule has 2 unspecified atom stereocenters. The lowest BCUT2D eigenvalue weighted by molar-refractivity contribution is -0.145. The molecular formula is C50H56N14O5Si. The number of nitrogens with one attached hydrogen (secondary N) is 3. The monoisotopic (exact) mass is 960 g/mol. The lowest BCUT2D eigenvalue weighted by Gasteiger charge is -2.28. The molecule has 6 aromatic heterocycles. The van der Waals surface area contributed by atoms with Crippen LogP contribution in [0.5, 0.6) is 0 Å². The zero-order valence-electron chi connectivity index (χ0n) is 39.6. The first-order valence-electron chi connectivity index (χ1n) is 22.6. The Kier molecular flexibility index (Phi) is 16.0. The highest BCUT2D eigenvalue weighted by Crippen LogP contribution is 2.29. The van der Waals surface area contributed by atoms with E-state index < -0.39 is 43.8 Å². The van der Waals surface area contributed by atoms with Crippen molar-refractivity contribution in [2.75, 3.05) is 28.7 Å². The van der Waals surface area contributed by atoms with E-state index in [1.165, 1.54) is 28.4 Å². The van der Waals surface area contributed by atoms with Gasteiger partial charge in [0.1, 0.15) is 18.4 Å². The second-order valence-electron chi connectivity index (χ2n) is 17.6. The minimum Gasteiger partial charge on any atom is -0.383 e. The highest BCUT2D eigenvalue weighted by atomic mass is 28.3. The summed E-state index contributed by atoms with van der Waals surface area (Å²) in [4.78, 5) is 73.1. The summed E-state index contributed by atoms with van der Waals surface area (Å²) in [7, 11) is -1.25. The highest BCUT2D eigenvalue weighted by Gasteiger charge is 2.31. The number of anilines is 4. The zero-order chi connectivity index (χ0) is 49.8. The predicted octanol–water partition coefficient (Wildman–Crippen LogP) is 7.11. The van der Waals surface area contributed by atoms with E-state index in [4.69, 9.17) is 16.2 Å². The average molecular weight is 961 g/mol. The molecule has 360 valence electrons. The Labute approximate surface area is 405 Å². The molecule has 2 aromatic carbocycles. The third-order valence-electron chi connectivity index (χ3n) is 11.4. The van der Waals surface area contributed by atoms with Crippen molar-refractivity contribution in [3.05, 3.63) is 157 Å². The summed E-state index contributed by atoms with van der Waals surface area (Å²) >= 11 is 0. The summed E-state index contributed by atoms with van der Waals surface area (Å²) in [5, 5.41) is 17.6. The number of benzene rings is 2. The Morgan fingerprint density at radius 1 is 0.657 bits per heavy atom. The van der Waals surface area contributed by atoms with Crippen LogP contribution in [0.25, 0.3) is 21.8 Å². The summed E-state index contributed by atoms with van der Waals surface area (Å²) < 4.78 is 7.49. The Morgan fingerprint density at radius 2 is 1.16 bits per heavy atom. The summed E-state index contributed by atoms with van der Waals surface area (Å²) in [6.45, 7) is 11.8. The number of ether oxygens (including phenoxy) is 1. The fourth-order valence-electron chi connectivity index (χ4n) is 7.40. The van der Waals surface area contributed by atoms with Gasteiger partial charge in [0, 0.05) is 40.2 Å². The number of H-pyrrole nitrogens is 1. The minimum atomic E-state index is -1.25. The molecule has 8 rings (SSSR count). The number of fused-ring (bicyclic) bond motifs is 2. The van der Waals surface area contributed by atoms with Crippen molar-refractivity contribution >= 4 is 76.5 Å². The van der Waals surface area contributed by atoms with Gasteiger partial charge in [0.05, 0.1) is 81.4 Å². The van der Waals surface area contributed by atoms with Gasteiger partial charge in [0.15, 0.2) is 0 Å². The van der Waals surface area contributed by atoms with Crippen molar-refractivity contribution in [3.8, 4) is 0 Å². The van der Waals surface area contributed by atoms with Crippen LogP contribution in [0.4, 0.5) is 23.0 Å². The van der Waals surface area contributed by atoms with Gasteiger partial charge >= 0.3 is 23.6 Å². The molecule has 6 heterocycles. The molecule has 0 bridgehead atoms. The molecule has 0 aliphatic heterocycles. The molecule has 8 aromatic rings. The molecule has 0 saturated heterocycles. The summed E-state index contributed by atoms with van der Waals surface area (Å²) in [5.41, 5.74) is 16.8. The highest BCUT2D eigenvalue weighted by molar-refractivity contribution is 6.76. The van der Waals surface area contributed by atoms with Crippen molar-refractivity contribution in [1.29, 1.82) is 0 Å². The third kappa shape index (κ3) is 12.4. The van der Waals surface area contributed by atoms with Gasteiger partial charge < -0.3 is 36.6 Å². The number of carbonyl (C=O) groups is 4. The zero-order valence-corrected chi connectivity index (χ0v) is 40.6. The molecule has 0 radical (unpaired) electrons. The first kappa shape index (κ1) is 49.5. The predicted molar refractivity (Wildman–Crippen MR) is 271 cm³/mol. The van der Waals surface area contributed by atoms with Crippen LogP contribution >= 0.6 is 0 Å². The molecule has 4 amide bonds. The number of nitrogen functional groups attached to an aromatic ring is 2. The number of hydrogen-bond donors (Lipinski definition) is 5. The molecular weight excluding hydrogens is 905 g/mol. The molecule has 0 aliphatic rings. The van der Waals surface area contributed by atoms with Crippen molar-refractivity contribution in [2.45, 2.75) is 71.4 Å². The van der Waals surface area contributed by atoms with E-state index in [-0.39, 0.29) is 31.5 Å². The number of pyridine rings is 4. The van der Waals surface area contributed by atoms with E-state index >= 15 is 0 Å². The smallest absolute Gasteiger partial charge is 0.314 e. The lowest BCUT2D eigenvalue weighted by atomic mass is 10.1. The van der Waals surface area contributed by atoms with E-state index in [1.54, 1.807) is 29.3 Å². The molecule has 0 spiro atoms. The number of rotatable bonds is 15. The standard InChI is InChI=1S/C28H35N7O3Si.C22H21N7O2/c1-20(23-12-8-9-13-30-23)34(18-21-10-6-5-7-11-21)28(37)27(36)33-24-17-31-26(29)22-16-32-35(25(22)24)19-38-14-15-39(2,3)4;1-14(17-9-5-6-10-24-17)29(13-15-7-3-2-4-8-15)22(31)21(30)27-18-12-25-20(23)16-11-26-28-19(16)18/h5-13,16-17,20H,14-15,18-19H2,1-4H3,(H2,29,31)(H,33,36);2-12,14H,13H2,1H3,(H2,23,25)(H,26,28)(H,27,30). The van der Waals surface area contributed by atoms with Gasteiger partial charge in [-0.2, -0.15) is 10.2 Å². The molecule has 7 N–H and O–H groups in total. The first-order chi connectivity index (χ1) is 33.7. The SMILES string of the molecule is CC(c1ccccn1)N(Cc1ccccc1)C(=O)C(=O)Nc1cnc(N)c2cn[nH]c12.CC(c1ccccn1)N(Cc1ccccc1)C(=O)C(=O)Nc1cnc(N)c2cnn(COCC[Si](C)(C)C)c12. The Hall–Kier alpha value is -8.36. The molecule has 2 atom stereocenters. The van der Waals surface area contributed by atoms with Gasteiger partial charge in [-0.25, -0.2) is 14.6 Å². The molecule has 0 aliphatic carbocycles. The van der Waals surface area contributed by atoms with E-state index in [2.05, 4.69) is 65.5 Å². The van der Waals surface area contributed by atoms with E-state index in [1.807, 2.05) is 105 Å². The second-order valence-corrected chi connectivity index (χ2v) is 23.3. The van der Waals surface area contributed by atoms with Crippen molar-refractivity contribution in [2.24, 2.45) is 0 Å². The molecule has 19 nitrogen and oxygen atoms in total. The van der Waals surface area contributed by atoms with Crippen LogP contribution in [0.1, 0.15) is 48.4 Å². The second kappa shape index (κ2) is 22.6. The first-order valence-corrected chi connectivity index (χ1v) is 26.3.